The minimum Gasteiger partial charge on any atom is -0.466 e. The second-order valence-corrected chi connectivity index (χ2v) is 8.72. The van der Waals surface area contributed by atoms with Gasteiger partial charge >= 0.3 is 5.97 Å². The van der Waals surface area contributed by atoms with Crippen LogP contribution in [0.4, 0.5) is 4.39 Å². The molecule has 1 aliphatic rings. The molecule has 1 aromatic carbocycles. The standard InChI is InChI=1S/C19H24FN3O4S/c1-4-27-19(24)15-6-5-11-22(12-15)28(25,26)18-13(2)21-23(14(18)3)17-9-7-16(20)8-10-17/h7-10,15H,4-6,11-12H2,1-3H3/t15-/m0/s1. The summed E-state index contributed by atoms with van der Waals surface area (Å²) >= 11 is 0. The maximum atomic E-state index is 13.3. The average Bonchev–Trinajstić information content (AvgIpc) is 2.97. The number of aryl methyl sites for hydroxylation is 1. The third-order valence-corrected chi connectivity index (χ3v) is 7.02. The number of piperidine rings is 1. The quantitative estimate of drug-likeness (QED) is 0.709. The molecule has 28 heavy (non-hydrogen) atoms. The molecule has 0 saturated carbocycles. The fourth-order valence-electron chi connectivity index (χ4n) is 3.58. The third kappa shape index (κ3) is 3.81. The van der Waals surface area contributed by atoms with Gasteiger partial charge in [-0.15, -0.1) is 0 Å². The number of benzene rings is 1. The maximum Gasteiger partial charge on any atom is 0.310 e. The van der Waals surface area contributed by atoms with Crippen LogP contribution in [0.3, 0.4) is 0 Å². The molecule has 1 saturated heterocycles. The van der Waals surface area contributed by atoms with Gasteiger partial charge in [-0.1, -0.05) is 0 Å². The van der Waals surface area contributed by atoms with Crippen LogP contribution in [0.1, 0.15) is 31.2 Å². The van der Waals surface area contributed by atoms with Gasteiger partial charge in [0.25, 0.3) is 0 Å². The normalized spacial score (nSPS) is 18.2. The molecule has 1 aliphatic heterocycles. The SMILES string of the molecule is CCOC(=O)[C@H]1CCCN(S(=O)(=O)c2c(C)nn(-c3ccc(F)cc3)c2C)C1. The third-order valence-electron chi connectivity index (χ3n) is 4.90. The molecule has 0 bridgehead atoms. The minimum absolute atomic E-state index is 0.0990. The lowest BCUT2D eigenvalue weighted by molar-refractivity contribution is -0.149. The van der Waals surface area contributed by atoms with Crippen LogP contribution in [0, 0.1) is 25.6 Å². The first-order chi connectivity index (χ1) is 13.3. The van der Waals surface area contributed by atoms with Gasteiger partial charge in [-0.25, -0.2) is 17.5 Å². The smallest absolute Gasteiger partial charge is 0.310 e. The van der Waals surface area contributed by atoms with Crippen LogP contribution in [0.5, 0.6) is 0 Å². The number of carbonyl (C=O) groups excluding carboxylic acids is 1. The highest BCUT2D eigenvalue weighted by Gasteiger charge is 2.37. The van der Waals surface area contributed by atoms with E-state index in [-0.39, 0.29) is 29.8 Å². The summed E-state index contributed by atoms with van der Waals surface area (Å²) < 4.78 is 47.7. The van der Waals surface area contributed by atoms with Crippen LogP contribution in [-0.2, 0) is 19.6 Å². The molecule has 152 valence electrons. The van der Waals surface area contributed by atoms with Crippen molar-refractivity contribution >= 4 is 16.0 Å². The van der Waals surface area contributed by atoms with E-state index in [0.717, 1.165) is 0 Å². The van der Waals surface area contributed by atoms with E-state index in [1.54, 1.807) is 32.9 Å². The van der Waals surface area contributed by atoms with E-state index in [2.05, 4.69) is 5.10 Å². The van der Waals surface area contributed by atoms with Crippen LogP contribution >= 0.6 is 0 Å². The van der Waals surface area contributed by atoms with Gasteiger partial charge < -0.3 is 4.74 Å². The number of hydrogen-bond donors (Lipinski definition) is 0. The van der Waals surface area contributed by atoms with Crippen molar-refractivity contribution in [1.29, 1.82) is 0 Å². The summed E-state index contributed by atoms with van der Waals surface area (Å²) in [7, 11) is -3.83. The summed E-state index contributed by atoms with van der Waals surface area (Å²) in [6.45, 7) is 5.74. The van der Waals surface area contributed by atoms with Crippen molar-refractivity contribution in [2.24, 2.45) is 5.92 Å². The van der Waals surface area contributed by atoms with Gasteiger partial charge in [-0.2, -0.15) is 9.40 Å². The Bertz CT molecular complexity index is 970. The Morgan fingerprint density at radius 2 is 1.96 bits per heavy atom. The zero-order chi connectivity index (χ0) is 20.5. The predicted octanol–water partition coefficient (Wildman–Crippen LogP) is 2.59. The molecule has 9 heteroatoms. The van der Waals surface area contributed by atoms with Crippen molar-refractivity contribution in [1.82, 2.24) is 14.1 Å². The molecule has 2 aromatic rings. The van der Waals surface area contributed by atoms with E-state index in [0.29, 0.717) is 36.5 Å². The van der Waals surface area contributed by atoms with Crippen LogP contribution in [0.15, 0.2) is 29.2 Å². The lowest BCUT2D eigenvalue weighted by Gasteiger charge is -2.30. The summed E-state index contributed by atoms with van der Waals surface area (Å²) in [6.07, 6.45) is 1.20. The molecular weight excluding hydrogens is 385 g/mol. The van der Waals surface area contributed by atoms with Gasteiger partial charge in [0.15, 0.2) is 0 Å². The van der Waals surface area contributed by atoms with Gasteiger partial charge in [-0.05, 0) is 57.9 Å². The van der Waals surface area contributed by atoms with Crippen molar-refractivity contribution in [3.05, 3.63) is 41.5 Å². The highest BCUT2D eigenvalue weighted by atomic mass is 32.2. The molecule has 0 spiro atoms. The molecule has 2 heterocycles. The summed E-state index contributed by atoms with van der Waals surface area (Å²) in [6, 6.07) is 5.69. The summed E-state index contributed by atoms with van der Waals surface area (Å²) in [4.78, 5) is 12.2. The van der Waals surface area contributed by atoms with Crippen molar-refractivity contribution in [3.63, 3.8) is 0 Å². The Morgan fingerprint density at radius 3 is 2.61 bits per heavy atom. The van der Waals surface area contributed by atoms with Crippen molar-refractivity contribution < 1.29 is 22.3 Å². The Hall–Kier alpha value is -2.26. The van der Waals surface area contributed by atoms with Gasteiger partial charge in [0.05, 0.1) is 29.6 Å². The lowest BCUT2D eigenvalue weighted by Crippen LogP contribution is -2.43. The first-order valence-corrected chi connectivity index (χ1v) is 10.7. The first kappa shape index (κ1) is 20.5. The van der Waals surface area contributed by atoms with E-state index in [1.807, 2.05) is 0 Å². The zero-order valence-electron chi connectivity index (χ0n) is 16.2. The molecule has 1 atom stereocenters. The highest BCUT2D eigenvalue weighted by Crippen LogP contribution is 2.29. The number of sulfonamides is 1. The maximum absolute atomic E-state index is 13.3. The average molecular weight is 409 g/mol. The van der Waals surface area contributed by atoms with Crippen LogP contribution in [-0.4, -0.2) is 48.2 Å². The Balaban J connectivity index is 1.94. The van der Waals surface area contributed by atoms with E-state index in [1.165, 1.54) is 21.1 Å². The monoisotopic (exact) mass is 409 g/mol. The van der Waals surface area contributed by atoms with Crippen LogP contribution in [0.2, 0.25) is 0 Å². The molecule has 1 aromatic heterocycles. The number of carbonyl (C=O) groups is 1. The summed E-state index contributed by atoms with van der Waals surface area (Å²) in [5.41, 5.74) is 1.38. The minimum atomic E-state index is -3.83. The number of ether oxygens (including phenoxy) is 1. The molecule has 0 radical (unpaired) electrons. The second kappa shape index (κ2) is 8.00. The number of halogens is 1. The Morgan fingerprint density at radius 1 is 1.29 bits per heavy atom. The fraction of sp³-hybridized carbons (Fsp3) is 0.474. The molecule has 3 rings (SSSR count). The van der Waals surface area contributed by atoms with Crippen molar-refractivity contribution in [2.75, 3.05) is 19.7 Å². The molecule has 0 N–H and O–H groups in total. The van der Waals surface area contributed by atoms with Crippen molar-refractivity contribution in [2.45, 2.75) is 38.5 Å². The molecule has 0 amide bonds. The number of nitrogens with zero attached hydrogens (tertiary/aromatic N) is 3. The Labute approximate surface area is 164 Å². The number of esters is 1. The molecule has 0 unspecified atom stereocenters. The van der Waals surface area contributed by atoms with Gasteiger partial charge in [0.1, 0.15) is 10.7 Å². The molecule has 7 nitrogen and oxygen atoms in total. The zero-order valence-corrected chi connectivity index (χ0v) is 17.0. The van der Waals surface area contributed by atoms with E-state index < -0.39 is 15.9 Å². The topological polar surface area (TPSA) is 81.5 Å². The van der Waals surface area contributed by atoms with Crippen LogP contribution < -0.4 is 0 Å². The first-order valence-electron chi connectivity index (χ1n) is 9.24. The van der Waals surface area contributed by atoms with E-state index in [9.17, 15) is 17.6 Å². The number of aromatic nitrogens is 2. The van der Waals surface area contributed by atoms with Crippen molar-refractivity contribution in [3.8, 4) is 5.69 Å². The molecule has 1 fully saturated rings. The van der Waals surface area contributed by atoms with Gasteiger partial charge in [-0.3, -0.25) is 4.79 Å². The molecular formula is C19H24FN3O4S. The lowest BCUT2D eigenvalue weighted by atomic mass is 10.0. The largest absolute Gasteiger partial charge is 0.466 e. The Kier molecular flexibility index (Phi) is 5.85. The number of hydrogen-bond acceptors (Lipinski definition) is 5. The highest BCUT2D eigenvalue weighted by molar-refractivity contribution is 7.89. The summed E-state index contributed by atoms with van der Waals surface area (Å²) in [5.74, 6) is -1.20. The van der Waals surface area contributed by atoms with Crippen LogP contribution in [0.25, 0.3) is 5.69 Å². The number of rotatable bonds is 5. The predicted molar refractivity (Wildman–Crippen MR) is 101 cm³/mol. The second-order valence-electron chi connectivity index (χ2n) is 6.84. The fourth-order valence-corrected chi connectivity index (χ4v) is 5.46. The van der Waals surface area contributed by atoms with E-state index in [4.69, 9.17) is 4.74 Å². The van der Waals surface area contributed by atoms with E-state index >= 15 is 0 Å². The van der Waals surface area contributed by atoms with Gasteiger partial charge in [0, 0.05) is 13.1 Å². The van der Waals surface area contributed by atoms with Gasteiger partial charge in [0.2, 0.25) is 10.0 Å². The molecule has 0 aliphatic carbocycles. The summed E-state index contributed by atoms with van der Waals surface area (Å²) in [5, 5.41) is 4.35.